The number of amides is 1. The van der Waals surface area contributed by atoms with E-state index in [1.54, 1.807) is 69.4 Å². The molecule has 1 fully saturated rings. The lowest BCUT2D eigenvalue weighted by atomic mass is 9.94. The number of halogens is 3. The van der Waals surface area contributed by atoms with Crippen molar-refractivity contribution in [3.63, 3.8) is 0 Å². The van der Waals surface area contributed by atoms with Gasteiger partial charge < -0.3 is 15.0 Å². The van der Waals surface area contributed by atoms with Gasteiger partial charge in [-0.3, -0.25) is 14.5 Å². The van der Waals surface area contributed by atoms with Gasteiger partial charge in [-0.15, -0.1) is 0 Å². The molecular weight excluding hydrogens is 649 g/mol. The third-order valence-electron chi connectivity index (χ3n) is 9.31. The van der Waals surface area contributed by atoms with E-state index in [0.29, 0.717) is 53.6 Å². The van der Waals surface area contributed by atoms with Crippen molar-refractivity contribution < 1.29 is 27.9 Å². The normalized spacial score (nSPS) is 14.0. The molecule has 5 aromatic rings. The zero-order valence-corrected chi connectivity index (χ0v) is 27.7. The Morgan fingerprint density at radius 1 is 0.920 bits per heavy atom. The summed E-state index contributed by atoms with van der Waals surface area (Å²) in [5.41, 5.74) is 1.66. The number of carboxylic acid groups (broad SMARTS) is 1. The van der Waals surface area contributed by atoms with Crippen LogP contribution in [0.3, 0.4) is 0 Å². The minimum Gasteiger partial charge on any atom is -0.480 e. The summed E-state index contributed by atoms with van der Waals surface area (Å²) in [6.07, 6.45) is -0.739. The number of nitrogens with one attached hydrogen (secondary N) is 1. The molecule has 0 saturated carbocycles. The van der Waals surface area contributed by atoms with E-state index < -0.39 is 52.5 Å². The number of carboxylic acids is 1. The SMILES string of the molecule is Cc1cccc(C)c1-c1cc(F)c(C(=O)N[C@@H](Cc2cccc3c(-n4c(=O)cc(CCN5CC(F)C5)n(C)c4=O)cccc23)C(=O)O)c(F)c1. The second-order valence-electron chi connectivity index (χ2n) is 12.7. The number of hydrogen-bond donors (Lipinski definition) is 2. The molecule has 1 saturated heterocycles. The molecule has 0 unspecified atom stereocenters. The summed E-state index contributed by atoms with van der Waals surface area (Å²) in [6.45, 7) is 4.77. The van der Waals surface area contributed by atoms with E-state index >= 15 is 8.78 Å². The highest BCUT2D eigenvalue weighted by Crippen LogP contribution is 2.30. The third-order valence-corrected chi connectivity index (χ3v) is 9.31. The fourth-order valence-corrected chi connectivity index (χ4v) is 6.68. The number of aromatic nitrogens is 2. The maximum atomic E-state index is 15.3. The Morgan fingerprint density at radius 3 is 2.18 bits per heavy atom. The number of alkyl halides is 1. The van der Waals surface area contributed by atoms with Gasteiger partial charge in [-0.2, -0.15) is 0 Å². The molecule has 0 spiro atoms. The van der Waals surface area contributed by atoms with Crippen LogP contribution in [-0.2, 0) is 24.7 Å². The highest BCUT2D eigenvalue weighted by molar-refractivity contribution is 5.98. The largest absolute Gasteiger partial charge is 0.480 e. The summed E-state index contributed by atoms with van der Waals surface area (Å²) < 4.78 is 46.2. The second-order valence-corrected chi connectivity index (χ2v) is 12.7. The maximum Gasteiger partial charge on any atom is 0.335 e. The van der Waals surface area contributed by atoms with Gasteiger partial charge in [-0.05, 0) is 65.3 Å². The van der Waals surface area contributed by atoms with Crippen LogP contribution in [0.5, 0.6) is 0 Å². The van der Waals surface area contributed by atoms with Gasteiger partial charge in [0.2, 0.25) is 0 Å². The predicted octanol–water partition coefficient (Wildman–Crippen LogP) is 4.87. The number of aryl methyl sites for hydroxylation is 2. The summed E-state index contributed by atoms with van der Waals surface area (Å²) in [6, 6.07) is 17.2. The number of carbonyl (C=O) groups is 2. The first-order chi connectivity index (χ1) is 23.8. The van der Waals surface area contributed by atoms with E-state index in [9.17, 15) is 28.7 Å². The van der Waals surface area contributed by atoms with Crippen molar-refractivity contribution in [1.82, 2.24) is 19.4 Å². The summed E-state index contributed by atoms with van der Waals surface area (Å²) in [4.78, 5) is 54.3. The van der Waals surface area contributed by atoms with Gasteiger partial charge in [0.1, 0.15) is 29.4 Å². The Hall–Kier alpha value is -5.49. The van der Waals surface area contributed by atoms with Crippen molar-refractivity contribution in [1.29, 1.82) is 0 Å². The van der Waals surface area contributed by atoms with Crippen molar-refractivity contribution in [3.8, 4) is 16.8 Å². The highest BCUT2D eigenvalue weighted by atomic mass is 19.1. The van der Waals surface area contributed by atoms with Crippen LogP contribution in [0.4, 0.5) is 13.2 Å². The molecule has 1 atom stereocenters. The topological polar surface area (TPSA) is 114 Å². The minimum atomic E-state index is -1.58. The lowest BCUT2D eigenvalue weighted by Gasteiger charge is -2.34. The monoisotopic (exact) mass is 684 g/mol. The smallest absolute Gasteiger partial charge is 0.335 e. The molecule has 1 aliphatic heterocycles. The summed E-state index contributed by atoms with van der Waals surface area (Å²) in [5.74, 6) is -4.92. The lowest BCUT2D eigenvalue weighted by Crippen LogP contribution is -2.49. The summed E-state index contributed by atoms with van der Waals surface area (Å²) >= 11 is 0. The first-order valence-corrected chi connectivity index (χ1v) is 16.1. The van der Waals surface area contributed by atoms with Gasteiger partial charge >= 0.3 is 11.7 Å². The Labute approximate surface area is 285 Å². The molecule has 12 heteroatoms. The highest BCUT2D eigenvalue weighted by Gasteiger charge is 2.28. The molecule has 4 aromatic carbocycles. The number of nitrogens with zero attached hydrogens (tertiary/aromatic N) is 3. The molecule has 1 amide bonds. The van der Waals surface area contributed by atoms with Crippen molar-refractivity contribution in [2.24, 2.45) is 7.05 Å². The van der Waals surface area contributed by atoms with Gasteiger partial charge in [0.15, 0.2) is 0 Å². The van der Waals surface area contributed by atoms with Crippen LogP contribution in [0, 0.1) is 25.5 Å². The van der Waals surface area contributed by atoms with E-state index in [2.05, 4.69) is 5.32 Å². The molecule has 2 heterocycles. The van der Waals surface area contributed by atoms with E-state index in [0.717, 1.165) is 27.8 Å². The van der Waals surface area contributed by atoms with E-state index in [1.807, 2.05) is 11.0 Å². The average Bonchev–Trinajstić information content (AvgIpc) is 3.04. The van der Waals surface area contributed by atoms with Gasteiger partial charge in [0, 0.05) is 56.7 Å². The second kappa shape index (κ2) is 13.8. The van der Waals surface area contributed by atoms with Crippen LogP contribution in [0.15, 0.2) is 82.4 Å². The van der Waals surface area contributed by atoms with Gasteiger partial charge in [-0.1, -0.05) is 48.5 Å². The van der Waals surface area contributed by atoms with Crippen LogP contribution in [0.25, 0.3) is 27.6 Å². The quantitative estimate of drug-likeness (QED) is 0.217. The fraction of sp³-hybridized carbons (Fsp3) is 0.263. The summed E-state index contributed by atoms with van der Waals surface area (Å²) in [5, 5.41) is 13.3. The molecule has 0 bridgehead atoms. The molecule has 1 aliphatic rings. The van der Waals surface area contributed by atoms with Crippen molar-refractivity contribution >= 4 is 22.6 Å². The van der Waals surface area contributed by atoms with Crippen LogP contribution < -0.4 is 16.6 Å². The number of benzene rings is 4. The van der Waals surface area contributed by atoms with Crippen molar-refractivity contribution in [2.75, 3.05) is 19.6 Å². The van der Waals surface area contributed by atoms with Gasteiger partial charge in [0.25, 0.3) is 11.5 Å². The number of hydrogen-bond acceptors (Lipinski definition) is 5. The molecule has 9 nitrogen and oxygen atoms in total. The average molecular weight is 685 g/mol. The molecule has 2 N–H and O–H groups in total. The standard InChI is InChI=1S/C38H35F3N4O5/c1-21-7-4-8-22(2)34(21)24-15-29(40)35(30(41)16-24)36(47)42-31(37(48)49)17-23-9-5-11-28-27(23)10-6-12-32(28)45-33(46)18-26(43(3)38(45)50)13-14-44-19-25(39)20-44/h4-12,15-16,18,25,31H,13-14,17,19-20H2,1-3H3,(H,42,47)(H,48,49)/t31-/m0/s1. The molecule has 258 valence electrons. The number of aliphatic carboxylic acids is 1. The summed E-state index contributed by atoms with van der Waals surface area (Å²) in [7, 11) is 1.56. The maximum absolute atomic E-state index is 15.3. The van der Waals surface area contributed by atoms with Crippen molar-refractivity contribution in [2.45, 2.75) is 38.9 Å². The van der Waals surface area contributed by atoms with E-state index in [4.69, 9.17) is 0 Å². The Bertz CT molecular complexity index is 2230. The number of carbonyl (C=O) groups excluding carboxylic acids is 1. The van der Waals surface area contributed by atoms with Crippen LogP contribution in [0.1, 0.15) is 32.7 Å². The fourth-order valence-electron chi connectivity index (χ4n) is 6.68. The van der Waals surface area contributed by atoms with Crippen LogP contribution in [-0.4, -0.2) is 62.9 Å². The molecule has 6 rings (SSSR count). The van der Waals surface area contributed by atoms with Crippen LogP contribution >= 0.6 is 0 Å². The molecular formula is C38H35F3N4O5. The molecule has 50 heavy (non-hydrogen) atoms. The Morgan fingerprint density at radius 2 is 1.54 bits per heavy atom. The first-order valence-electron chi connectivity index (χ1n) is 16.1. The Balaban J connectivity index is 1.28. The lowest BCUT2D eigenvalue weighted by molar-refractivity contribution is -0.139. The number of likely N-dealkylation sites (tertiary alicyclic amines) is 1. The molecule has 0 radical (unpaired) electrons. The van der Waals surface area contributed by atoms with Crippen molar-refractivity contribution in [3.05, 3.63) is 133 Å². The predicted molar refractivity (Wildman–Crippen MR) is 184 cm³/mol. The zero-order chi connectivity index (χ0) is 35.9. The Kier molecular flexibility index (Phi) is 9.48. The van der Waals surface area contributed by atoms with E-state index in [1.165, 1.54) is 10.6 Å². The van der Waals surface area contributed by atoms with E-state index in [-0.39, 0.29) is 17.7 Å². The molecule has 0 aliphatic carbocycles. The minimum absolute atomic E-state index is 0.250. The first kappa shape index (κ1) is 34.4. The number of rotatable bonds is 10. The van der Waals surface area contributed by atoms with Gasteiger partial charge in [-0.25, -0.2) is 27.3 Å². The van der Waals surface area contributed by atoms with Gasteiger partial charge in [0.05, 0.1) is 5.69 Å². The number of fused-ring (bicyclic) bond motifs is 1. The molecule has 1 aromatic heterocycles. The third kappa shape index (κ3) is 6.58. The zero-order valence-electron chi connectivity index (χ0n) is 27.7. The van der Waals surface area contributed by atoms with Crippen LogP contribution in [0.2, 0.25) is 0 Å².